The predicted molar refractivity (Wildman–Crippen MR) is 76.1 cm³/mol. The number of halogens is 1. The van der Waals surface area contributed by atoms with E-state index >= 15 is 0 Å². The molecule has 0 aromatic heterocycles. The molecule has 0 aliphatic rings. The topological polar surface area (TPSA) is 57.7 Å². The molecule has 106 valence electrons. The monoisotopic (exact) mass is 304 g/mol. The van der Waals surface area contributed by atoms with Gasteiger partial charge in [0.15, 0.2) is 0 Å². The molecule has 1 rings (SSSR count). The summed E-state index contributed by atoms with van der Waals surface area (Å²) in [5.74, 6) is 0.147. The highest BCUT2D eigenvalue weighted by molar-refractivity contribution is 7.89. The maximum Gasteiger partial charge on any atom is 0.242 e. The Morgan fingerprint density at radius 2 is 1.68 bits per heavy atom. The molecule has 0 aliphatic heterocycles. The minimum Gasteiger partial charge on any atom is -0.315 e. The third-order valence-electron chi connectivity index (χ3n) is 2.69. The molecule has 0 atom stereocenters. The summed E-state index contributed by atoms with van der Waals surface area (Å²) in [7, 11) is 1.13. The second-order valence-corrected chi connectivity index (χ2v) is 6.70. The van der Waals surface area contributed by atoms with Crippen LogP contribution >= 0.6 is 11.6 Å². The van der Waals surface area contributed by atoms with Crippen LogP contribution in [-0.4, -0.2) is 45.7 Å². The van der Waals surface area contributed by atoms with Gasteiger partial charge in [-0.3, -0.25) is 4.79 Å². The Morgan fingerprint density at radius 1 is 1.16 bits per heavy atom. The third-order valence-corrected chi connectivity index (χ3v) is 4.70. The minimum absolute atomic E-state index is 0.113. The van der Waals surface area contributed by atoms with Crippen LogP contribution in [0, 0.1) is 0 Å². The SMILES string of the molecule is CN(C(=O)CCCl)c1ccc(S(=O)(=O)N(C)C)cc1. The number of hydrogen-bond acceptors (Lipinski definition) is 3. The Bertz CT molecular complexity index is 541. The number of nitrogens with zero attached hydrogens (tertiary/aromatic N) is 2. The van der Waals surface area contributed by atoms with Gasteiger partial charge in [0.2, 0.25) is 15.9 Å². The summed E-state index contributed by atoms with van der Waals surface area (Å²) in [4.78, 5) is 13.3. The van der Waals surface area contributed by atoms with Crippen molar-refractivity contribution in [1.82, 2.24) is 4.31 Å². The van der Waals surface area contributed by atoms with E-state index in [-0.39, 0.29) is 23.1 Å². The Kier molecular flexibility index (Phi) is 5.34. The van der Waals surface area contributed by atoms with Crippen LogP contribution in [0.15, 0.2) is 29.2 Å². The molecule has 0 heterocycles. The quantitative estimate of drug-likeness (QED) is 0.775. The fourth-order valence-electron chi connectivity index (χ4n) is 1.45. The van der Waals surface area contributed by atoms with Crippen molar-refractivity contribution in [1.29, 1.82) is 0 Å². The van der Waals surface area contributed by atoms with Crippen LogP contribution in [0.4, 0.5) is 5.69 Å². The fourth-order valence-corrected chi connectivity index (χ4v) is 2.51. The summed E-state index contributed by atoms with van der Waals surface area (Å²) >= 11 is 5.52. The largest absolute Gasteiger partial charge is 0.315 e. The highest BCUT2D eigenvalue weighted by Crippen LogP contribution is 2.19. The number of benzene rings is 1. The van der Waals surface area contributed by atoms with Gasteiger partial charge in [-0.2, -0.15) is 0 Å². The van der Waals surface area contributed by atoms with Crippen molar-refractivity contribution in [2.45, 2.75) is 11.3 Å². The number of anilines is 1. The Hall–Kier alpha value is -1.11. The van der Waals surface area contributed by atoms with Gasteiger partial charge in [0.1, 0.15) is 0 Å². The predicted octanol–water partition coefficient (Wildman–Crippen LogP) is 1.53. The molecule has 0 bridgehead atoms. The van der Waals surface area contributed by atoms with Gasteiger partial charge in [-0.15, -0.1) is 11.6 Å². The van der Waals surface area contributed by atoms with E-state index in [0.29, 0.717) is 5.69 Å². The smallest absolute Gasteiger partial charge is 0.242 e. The number of rotatable bonds is 5. The maximum atomic E-state index is 11.9. The van der Waals surface area contributed by atoms with Gasteiger partial charge in [0, 0.05) is 39.1 Å². The first-order valence-corrected chi connectivity index (χ1v) is 7.63. The molecule has 19 heavy (non-hydrogen) atoms. The molecule has 5 nitrogen and oxygen atoms in total. The summed E-state index contributed by atoms with van der Waals surface area (Å²) in [5.41, 5.74) is 0.632. The molecule has 0 radical (unpaired) electrons. The van der Waals surface area contributed by atoms with E-state index in [1.54, 1.807) is 19.2 Å². The van der Waals surface area contributed by atoms with Gasteiger partial charge in [0.25, 0.3) is 0 Å². The first-order valence-electron chi connectivity index (χ1n) is 5.66. The number of sulfonamides is 1. The van der Waals surface area contributed by atoms with Gasteiger partial charge < -0.3 is 4.90 Å². The average molecular weight is 305 g/mol. The lowest BCUT2D eigenvalue weighted by Crippen LogP contribution is -2.26. The third kappa shape index (κ3) is 3.68. The summed E-state index contributed by atoms with van der Waals surface area (Å²) in [6.45, 7) is 0. The van der Waals surface area contributed by atoms with Crippen LogP contribution in [0.25, 0.3) is 0 Å². The molecule has 1 aromatic rings. The van der Waals surface area contributed by atoms with E-state index in [9.17, 15) is 13.2 Å². The molecular formula is C12H17ClN2O3S. The number of carbonyl (C=O) groups excluding carboxylic acids is 1. The molecule has 0 N–H and O–H groups in total. The Morgan fingerprint density at radius 3 is 2.11 bits per heavy atom. The Balaban J connectivity index is 2.97. The van der Waals surface area contributed by atoms with E-state index in [1.807, 2.05) is 0 Å². The molecule has 7 heteroatoms. The minimum atomic E-state index is -3.44. The Labute approximate surface area is 118 Å². The summed E-state index contributed by atoms with van der Waals surface area (Å²) in [6, 6.07) is 6.16. The van der Waals surface area contributed by atoms with Crippen molar-refractivity contribution in [2.75, 3.05) is 31.9 Å². The number of carbonyl (C=O) groups is 1. The second-order valence-electron chi connectivity index (χ2n) is 4.17. The molecule has 0 saturated heterocycles. The lowest BCUT2D eigenvalue weighted by molar-refractivity contribution is -0.117. The maximum absolute atomic E-state index is 11.9. The first-order chi connectivity index (χ1) is 8.80. The summed E-state index contributed by atoms with van der Waals surface area (Å²) in [5, 5.41) is 0. The summed E-state index contributed by atoms with van der Waals surface area (Å²) < 4.78 is 24.9. The lowest BCUT2D eigenvalue weighted by Gasteiger charge is -2.18. The van der Waals surface area contributed by atoms with Gasteiger partial charge in [-0.1, -0.05) is 0 Å². The van der Waals surface area contributed by atoms with Crippen LogP contribution in [0.2, 0.25) is 0 Å². The van der Waals surface area contributed by atoms with Crippen LogP contribution in [0.3, 0.4) is 0 Å². The van der Waals surface area contributed by atoms with E-state index in [2.05, 4.69) is 0 Å². The van der Waals surface area contributed by atoms with Gasteiger partial charge in [-0.25, -0.2) is 12.7 Å². The standard InChI is InChI=1S/C12H17ClN2O3S/c1-14(2)19(17,18)11-6-4-10(5-7-11)15(3)12(16)8-9-13/h4-7H,8-9H2,1-3H3. The molecular weight excluding hydrogens is 288 g/mol. The summed E-state index contributed by atoms with van der Waals surface area (Å²) in [6.07, 6.45) is 0.246. The van der Waals surface area contributed by atoms with E-state index < -0.39 is 10.0 Å². The zero-order chi connectivity index (χ0) is 14.6. The van der Waals surface area contributed by atoms with Crippen LogP contribution < -0.4 is 4.90 Å². The highest BCUT2D eigenvalue weighted by Gasteiger charge is 2.17. The van der Waals surface area contributed by atoms with Crippen molar-refractivity contribution in [3.8, 4) is 0 Å². The molecule has 0 saturated carbocycles. The lowest BCUT2D eigenvalue weighted by atomic mass is 10.3. The highest BCUT2D eigenvalue weighted by atomic mass is 35.5. The fraction of sp³-hybridized carbons (Fsp3) is 0.417. The van der Waals surface area contributed by atoms with E-state index in [0.717, 1.165) is 4.31 Å². The van der Waals surface area contributed by atoms with Gasteiger partial charge in [-0.05, 0) is 24.3 Å². The van der Waals surface area contributed by atoms with Gasteiger partial charge in [0.05, 0.1) is 4.90 Å². The number of amides is 1. The second kappa shape index (κ2) is 6.36. The molecule has 1 amide bonds. The van der Waals surface area contributed by atoms with Crippen molar-refractivity contribution in [3.63, 3.8) is 0 Å². The average Bonchev–Trinajstić information content (AvgIpc) is 2.38. The van der Waals surface area contributed by atoms with Crippen LogP contribution in [0.5, 0.6) is 0 Å². The first kappa shape index (κ1) is 15.9. The molecule has 0 spiro atoms. The molecule has 0 unspecified atom stereocenters. The normalized spacial score (nSPS) is 11.6. The molecule has 0 fully saturated rings. The van der Waals surface area contributed by atoms with Crippen LogP contribution in [-0.2, 0) is 14.8 Å². The number of hydrogen-bond donors (Lipinski definition) is 0. The zero-order valence-corrected chi connectivity index (χ0v) is 12.7. The van der Waals surface area contributed by atoms with E-state index in [4.69, 9.17) is 11.6 Å². The van der Waals surface area contributed by atoms with Crippen molar-refractivity contribution < 1.29 is 13.2 Å². The van der Waals surface area contributed by atoms with Crippen molar-refractivity contribution in [2.24, 2.45) is 0 Å². The van der Waals surface area contributed by atoms with Gasteiger partial charge >= 0.3 is 0 Å². The van der Waals surface area contributed by atoms with E-state index in [1.165, 1.54) is 31.1 Å². The molecule has 1 aromatic carbocycles. The van der Waals surface area contributed by atoms with Crippen molar-refractivity contribution in [3.05, 3.63) is 24.3 Å². The van der Waals surface area contributed by atoms with Crippen LogP contribution in [0.1, 0.15) is 6.42 Å². The molecule has 0 aliphatic carbocycles. The number of alkyl halides is 1. The van der Waals surface area contributed by atoms with Crippen molar-refractivity contribution >= 4 is 33.2 Å². The zero-order valence-electron chi connectivity index (χ0n) is 11.1.